The van der Waals surface area contributed by atoms with Crippen LogP contribution in [0.5, 0.6) is 0 Å². The molecule has 0 N–H and O–H groups in total. The second-order valence-electron chi connectivity index (χ2n) is 5.92. The molecular formula is C24H23N3. The lowest BCUT2D eigenvalue weighted by Gasteiger charge is -2.09. The molecule has 0 aliphatic carbocycles. The Morgan fingerprint density at radius 1 is 0.556 bits per heavy atom. The average Bonchev–Trinajstić information content (AvgIpc) is 2.76. The highest BCUT2D eigenvalue weighted by Gasteiger charge is 2.10. The van der Waals surface area contributed by atoms with Crippen LogP contribution in [-0.4, -0.2) is 15.0 Å². The highest BCUT2D eigenvalue weighted by atomic mass is 14.8. The van der Waals surface area contributed by atoms with Crippen LogP contribution in [-0.2, 0) is 0 Å². The van der Waals surface area contributed by atoms with Crippen molar-refractivity contribution >= 4 is 0 Å². The molecule has 0 aliphatic rings. The first-order valence-electron chi connectivity index (χ1n) is 9.21. The molecular weight excluding hydrogens is 330 g/mol. The van der Waals surface area contributed by atoms with E-state index in [0.717, 1.165) is 33.9 Å². The monoisotopic (exact) mass is 353 g/mol. The third kappa shape index (κ3) is 4.45. The zero-order chi connectivity index (χ0) is 19.1. The van der Waals surface area contributed by atoms with Gasteiger partial charge in [-0.2, -0.15) is 0 Å². The van der Waals surface area contributed by atoms with Crippen molar-refractivity contribution in [1.82, 2.24) is 15.0 Å². The van der Waals surface area contributed by atoms with Gasteiger partial charge < -0.3 is 0 Å². The first kappa shape index (κ1) is 18.5. The molecule has 0 radical (unpaired) electrons. The summed E-state index contributed by atoms with van der Waals surface area (Å²) in [5.41, 5.74) is 6.91. The van der Waals surface area contributed by atoms with Crippen LogP contribution in [0.15, 0.2) is 85.2 Å². The topological polar surface area (TPSA) is 38.7 Å². The quantitative estimate of drug-likeness (QED) is 0.440. The van der Waals surface area contributed by atoms with Crippen molar-refractivity contribution < 1.29 is 0 Å². The largest absolute Gasteiger partial charge is 0.255 e. The minimum atomic E-state index is 0.847. The molecule has 3 heterocycles. The fourth-order valence-corrected chi connectivity index (χ4v) is 2.73. The molecule has 134 valence electrons. The van der Waals surface area contributed by atoms with Gasteiger partial charge in [0, 0.05) is 12.4 Å². The number of benzene rings is 1. The molecule has 0 unspecified atom stereocenters. The number of nitrogens with zero attached hydrogens (tertiary/aromatic N) is 3. The normalized spacial score (nSPS) is 10.0. The summed E-state index contributed by atoms with van der Waals surface area (Å²) in [6.45, 7) is 6.09. The highest BCUT2D eigenvalue weighted by Crippen LogP contribution is 2.28. The van der Waals surface area contributed by atoms with Crippen LogP contribution in [0, 0.1) is 6.92 Å². The Hall–Kier alpha value is -3.33. The van der Waals surface area contributed by atoms with Crippen LogP contribution >= 0.6 is 0 Å². The SMILES string of the molecule is CC.Cc1ccc(-c2cc(-c3ccccn3)nc(-c3ccccn3)c2)cc1. The van der Waals surface area contributed by atoms with Gasteiger partial charge in [-0.15, -0.1) is 0 Å². The van der Waals surface area contributed by atoms with E-state index >= 15 is 0 Å². The number of pyridine rings is 3. The Morgan fingerprint density at radius 2 is 1.07 bits per heavy atom. The molecule has 27 heavy (non-hydrogen) atoms. The maximum absolute atomic E-state index is 4.79. The van der Waals surface area contributed by atoms with Gasteiger partial charge in [-0.05, 0) is 54.4 Å². The summed E-state index contributed by atoms with van der Waals surface area (Å²) in [7, 11) is 0. The van der Waals surface area contributed by atoms with E-state index in [1.54, 1.807) is 12.4 Å². The zero-order valence-corrected chi connectivity index (χ0v) is 15.9. The Labute approximate surface area is 160 Å². The number of hydrogen-bond donors (Lipinski definition) is 0. The molecule has 0 fully saturated rings. The van der Waals surface area contributed by atoms with E-state index in [1.807, 2.05) is 50.2 Å². The molecule has 0 bridgehead atoms. The third-order valence-corrected chi connectivity index (χ3v) is 4.06. The fourth-order valence-electron chi connectivity index (χ4n) is 2.73. The van der Waals surface area contributed by atoms with Crippen molar-refractivity contribution in [1.29, 1.82) is 0 Å². The molecule has 4 rings (SSSR count). The molecule has 3 aromatic heterocycles. The van der Waals surface area contributed by atoms with Gasteiger partial charge in [-0.25, -0.2) is 4.98 Å². The van der Waals surface area contributed by atoms with Crippen molar-refractivity contribution in [2.45, 2.75) is 20.8 Å². The average molecular weight is 353 g/mol. The predicted octanol–water partition coefficient (Wildman–Crippen LogP) is 6.21. The second kappa shape index (κ2) is 8.86. The van der Waals surface area contributed by atoms with Gasteiger partial charge in [0.1, 0.15) is 0 Å². The van der Waals surface area contributed by atoms with Gasteiger partial charge in [0.15, 0.2) is 0 Å². The molecule has 0 spiro atoms. The van der Waals surface area contributed by atoms with Crippen molar-refractivity contribution in [3.05, 3.63) is 90.8 Å². The first-order chi connectivity index (χ1) is 13.3. The van der Waals surface area contributed by atoms with E-state index < -0.39 is 0 Å². The van der Waals surface area contributed by atoms with Crippen LogP contribution in [0.1, 0.15) is 19.4 Å². The van der Waals surface area contributed by atoms with Gasteiger partial charge >= 0.3 is 0 Å². The smallest absolute Gasteiger partial charge is 0.0900 e. The number of hydrogen-bond acceptors (Lipinski definition) is 3. The zero-order valence-electron chi connectivity index (χ0n) is 15.9. The molecule has 3 nitrogen and oxygen atoms in total. The van der Waals surface area contributed by atoms with Crippen LogP contribution in [0.25, 0.3) is 33.9 Å². The lowest BCUT2D eigenvalue weighted by Crippen LogP contribution is -1.93. The van der Waals surface area contributed by atoms with E-state index in [1.165, 1.54) is 5.56 Å². The fraction of sp³-hybridized carbons (Fsp3) is 0.125. The lowest BCUT2D eigenvalue weighted by atomic mass is 10.0. The summed E-state index contributed by atoms with van der Waals surface area (Å²) in [4.78, 5) is 13.7. The molecule has 0 saturated heterocycles. The standard InChI is InChI=1S/C22H17N3.C2H6/c1-16-8-10-17(11-9-16)18-14-21(19-6-2-4-12-23-19)25-22(15-18)20-7-3-5-13-24-20;1-2/h2-15H,1H3;1-2H3. The van der Waals surface area contributed by atoms with Gasteiger partial charge in [-0.3, -0.25) is 9.97 Å². The summed E-state index contributed by atoms with van der Waals surface area (Å²) < 4.78 is 0. The molecule has 4 aromatic rings. The van der Waals surface area contributed by atoms with Gasteiger partial charge in [0.2, 0.25) is 0 Å². The van der Waals surface area contributed by atoms with Crippen LogP contribution in [0.3, 0.4) is 0 Å². The van der Waals surface area contributed by atoms with E-state index in [9.17, 15) is 0 Å². The lowest BCUT2D eigenvalue weighted by molar-refractivity contribution is 1.22. The van der Waals surface area contributed by atoms with Crippen molar-refractivity contribution in [3.8, 4) is 33.9 Å². The van der Waals surface area contributed by atoms with Crippen LogP contribution < -0.4 is 0 Å². The predicted molar refractivity (Wildman–Crippen MR) is 112 cm³/mol. The number of aromatic nitrogens is 3. The Bertz CT molecular complexity index is 921. The van der Waals surface area contributed by atoms with E-state index in [0.29, 0.717) is 0 Å². The number of rotatable bonds is 3. The summed E-state index contributed by atoms with van der Waals surface area (Å²) in [6, 6.07) is 24.4. The van der Waals surface area contributed by atoms with Gasteiger partial charge in [0.05, 0.1) is 22.8 Å². The molecule has 0 amide bonds. The summed E-state index contributed by atoms with van der Waals surface area (Å²) >= 11 is 0. The van der Waals surface area contributed by atoms with E-state index in [-0.39, 0.29) is 0 Å². The second-order valence-corrected chi connectivity index (χ2v) is 5.92. The molecule has 1 aromatic carbocycles. The minimum Gasteiger partial charge on any atom is -0.255 e. The van der Waals surface area contributed by atoms with E-state index in [2.05, 4.69) is 53.3 Å². The van der Waals surface area contributed by atoms with Crippen molar-refractivity contribution in [2.75, 3.05) is 0 Å². The first-order valence-corrected chi connectivity index (χ1v) is 9.21. The Balaban J connectivity index is 0.00000102. The molecule has 3 heteroatoms. The molecule has 0 atom stereocenters. The third-order valence-electron chi connectivity index (χ3n) is 4.06. The summed E-state index contributed by atoms with van der Waals surface area (Å²) in [5, 5.41) is 0. The molecule has 0 saturated carbocycles. The summed E-state index contributed by atoms with van der Waals surface area (Å²) in [6.07, 6.45) is 3.58. The van der Waals surface area contributed by atoms with Crippen LogP contribution in [0.2, 0.25) is 0 Å². The maximum Gasteiger partial charge on any atom is 0.0900 e. The van der Waals surface area contributed by atoms with Crippen molar-refractivity contribution in [2.24, 2.45) is 0 Å². The Morgan fingerprint density at radius 3 is 1.52 bits per heavy atom. The number of aryl methyl sites for hydroxylation is 1. The van der Waals surface area contributed by atoms with E-state index in [4.69, 9.17) is 4.98 Å². The highest BCUT2D eigenvalue weighted by molar-refractivity contribution is 5.74. The molecule has 0 aliphatic heterocycles. The minimum absolute atomic E-state index is 0.847. The Kier molecular flexibility index (Phi) is 6.06. The van der Waals surface area contributed by atoms with Crippen molar-refractivity contribution in [3.63, 3.8) is 0 Å². The maximum atomic E-state index is 4.79. The summed E-state index contributed by atoms with van der Waals surface area (Å²) in [5.74, 6) is 0. The van der Waals surface area contributed by atoms with Gasteiger partial charge in [-0.1, -0.05) is 55.8 Å². The van der Waals surface area contributed by atoms with Gasteiger partial charge in [0.25, 0.3) is 0 Å². The van der Waals surface area contributed by atoms with Crippen LogP contribution in [0.4, 0.5) is 0 Å².